The molecule has 0 radical (unpaired) electrons. The highest BCUT2D eigenvalue weighted by atomic mass is 79.9. The number of hydrogen-bond donors (Lipinski definition) is 1. The maximum absolute atomic E-state index is 11.7. The topological polar surface area (TPSA) is 42.2 Å². The Morgan fingerprint density at radius 3 is 2.65 bits per heavy atom. The van der Waals surface area contributed by atoms with Crippen molar-refractivity contribution in [3.05, 3.63) is 23.7 Å². The molecule has 17 heavy (non-hydrogen) atoms. The Bertz CT molecular complexity index is 379. The van der Waals surface area contributed by atoms with Gasteiger partial charge < -0.3 is 9.73 Å². The van der Waals surface area contributed by atoms with Crippen LogP contribution in [0.15, 0.2) is 16.7 Å². The van der Waals surface area contributed by atoms with Gasteiger partial charge in [0.1, 0.15) is 12.0 Å². The van der Waals surface area contributed by atoms with E-state index in [9.17, 15) is 4.79 Å². The molecule has 0 saturated heterocycles. The summed E-state index contributed by atoms with van der Waals surface area (Å²) in [5.74, 6) is 0.667. The lowest BCUT2D eigenvalue weighted by Gasteiger charge is -2.22. The van der Waals surface area contributed by atoms with Crippen LogP contribution in [-0.4, -0.2) is 17.3 Å². The molecule has 96 valence electrons. The normalized spacial score (nSPS) is 13.5. The van der Waals surface area contributed by atoms with Crippen LogP contribution in [0.25, 0.3) is 0 Å². The first-order valence-corrected chi connectivity index (χ1v) is 6.67. The van der Waals surface area contributed by atoms with E-state index in [1.54, 1.807) is 6.07 Å². The van der Waals surface area contributed by atoms with E-state index in [-0.39, 0.29) is 11.3 Å². The fourth-order valence-electron chi connectivity index (χ4n) is 1.60. The summed E-state index contributed by atoms with van der Waals surface area (Å²) < 4.78 is 5.10. The summed E-state index contributed by atoms with van der Waals surface area (Å²) in [5.41, 5.74) is 0.837. The van der Waals surface area contributed by atoms with Gasteiger partial charge in [0.15, 0.2) is 0 Å². The lowest BCUT2D eigenvalue weighted by Crippen LogP contribution is -2.31. The average molecular weight is 302 g/mol. The molecule has 1 N–H and O–H groups in total. The molecule has 1 amide bonds. The van der Waals surface area contributed by atoms with Crippen LogP contribution in [-0.2, 0) is 0 Å². The summed E-state index contributed by atoms with van der Waals surface area (Å²) in [5, 5.41) is 2.89. The van der Waals surface area contributed by atoms with Crippen LogP contribution in [0, 0.1) is 12.3 Å². The van der Waals surface area contributed by atoms with Crippen molar-refractivity contribution in [2.75, 3.05) is 6.54 Å². The summed E-state index contributed by atoms with van der Waals surface area (Å²) in [7, 11) is 0. The van der Waals surface area contributed by atoms with Crippen LogP contribution in [0.2, 0.25) is 0 Å². The van der Waals surface area contributed by atoms with Gasteiger partial charge in [0.05, 0.1) is 5.56 Å². The number of nitrogens with one attached hydrogen (secondary N) is 1. The van der Waals surface area contributed by atoms with E-state index in [4.69, 9.17) is 4.42 Å². The molecule has 1 heterocycles. The lowest BCUT2D eigenvalue weighted by molar-refractivity contribution is 0.0952. The van der Waals surface area contributed by atoms with Crippen molar-refractivity contribution in [1.29, 1.82) is 0 Å². The fraction of sp³-hybridized carbons (Fsp3) is 0.615. The standard InChI is InChI=1S/C13H20BrNO2/c1-9-5-10(8-17-9)12(16)15-7-11(14)6-13(2,3)4/h5,8,11H,6-7H2,1-4H3,(H,15,16). The third kappa shape index (κ3) is 5.39. The van der Waals surface area contributed by atoms with E-state index in [1.165, 1.54) is 6.26 Å². The van der Waals surface area contributed by atoms with Crippen molar-refractivity contribution in [3.8, 4) is 0 Å². The van der Waals surface area contributed by atoms with E-state index in [2.05, 4.69) is 42.0 Å². The largest absolute Gasteiger partial charge is 0.469 e. The minimum absolute atomic E-state index is 0.0831. The zero-order valence-corrected chi connectivity index (χ0v) is 12.4. The van der Waals surface area contributed by atoms with Crippen LogP contribution < -0.4 is 5.32 Å². The van der Waals surface area contributed by atoms with Gasteiger partial charge >= 0.3 is 0 Å². The van der Waals surface area contributed by atoms with Gasteiger partial charge in [-0.05, 0) is 24.8 Å². The molecule has 1 rings (SSSR count). The monoisotopic (exact) mass is 301 g/mol. The maximum Gasteiger partial charge on any atom is 0.254 e. The molecule has 0 saturated carbocycles. The number of alkyl halides is 1. The molecule has 1 aromatic heterocycles. The minimum atomic E-state index is -0.0831. The number of aryl methyl sites for hydroxylation is 1. The highest BCUT2D eigenvalue weighted by Gasteiger charge is 2.17. The van der Waals surface area contributed by atoms with Gasteiger partial charge in [0.2, 0.25) is 0 Å². The second kappa shape index (κ2) is 5.71. The van der Waals surface area contributed by atoms with Gasteiger partial charge in [0, 0.05) is 11.4 Å². The maximum atomic E-state index is 11.7. The van der Waals surface area contributed by atoms with Crippen LogP contribution >= 0.6 is 15.9 Å². The lowest BCUT2D eigenvalue weighted by atomic mass is 9.90. The van der Waals surface area contributed by atoms with Gasteiger partial charge in [0.25, 0.3) is 5.91 Å². The van der Waals surface area contributed by atoms with Crippen LogP contribution in [0.5, 0.6) is 0 Å². The second-order valence-corrected chi connectivity index (χ2v) is 6.81. The number of amides is 1. The fourth-order valence-corrected chi connectivity index (χ4v) is 2.74. The van der Waals surface area contributed by atoms with Crippen molar-refractivity contribution >= 4 is 21.8 Å². The Labute approximate surface area is 111 Å². The predicted molar refractivity (Wildman–Crippen MR) is 72.6 cm³/mol. The van der Waals surface area contributed by atoms with Crippen LogP contribution in [0.4, 0.5) is 0 Å². The Morgan fingerprint density at radius 2 is 2.18 bits per heavy atom. The van der Waals surface area contributed by atoms with E-state index in [0.717, 1.165) is 12.2 Å². The SMILES string of the molecule is Cc1cc(C(=O)NCC(Br)CC(C)(C)C)co1. The van der Waals surface area contributed by atoms with Gasteiger partial charge in [-0.3, -0.25) is 4.79 Å². The van der Waals surface area contributed by atoms with Gasteiger partial charge in [-0.25, -0.2) is 0 Å². The third-order valence-electron chi connectivity index (χ3n) is 2.31. The predicted octanol–water partition coefficient (Wildman–Crippen LogP) is 3.52. The van der Waals surface area contributed by atoms with Crippen molar-refractivity contribution < 1.29 is 9.21 Å². The third-order valence-corrected chi connectivity index (χ3v) is 2.96. The molecule has 0 aromatic carbocycles. The number of carbonyl (C=O) groups excluding carboxylic acids is 1. The second-order valence-electron chi connectivity index (χ2n) is 5.52. The number of halogens is 1. The molecule has 0 aliphatic rings. The molecule has 0 fully saturated rings. The zero-order chi connectivity index (χ0) is 13.1. The van der Waals surface area contributed by atoms with Crippen molar-refractivity contribution in [1.82, 2.24) is 5.32 Å². The average Bonchev–Trinajstić information content (AvgIpc) is 2.58. The number of furan rings is 1. The van der Waals surface area contributed by atoms with Gasteiger partial charge in [-0.1, -0.05) is 36.7 Å². The first kappa shape index (κ1) is 14.3. The number of rotatable bonds is 4. The molecular weight excluding hydrogens is 282 g/mol. The quantitative estimate of drug-likeness (QED) is 0.865. The summed E-state index contributed by atoms with van der Waals surface area (Å²) >= 11 is 3.58. The Balaban J connectivity index is 2.38. The van der Waals surface area contributed by atoms with Crippen molar-refractivity contribution in [2.45, 2.75) is 38.9 Å². The first-order valence-electron chi connectivity index (χ1n) is 5.75. The number of hydrogen-bond acceptors (Lipinski definition) is 2. The van der Waals surface area contributed by atoms with E-state index >= 15 is 0 Å². The first-order chi connectivity index (χ1) is 7.78. The Hall–Kier alpha value is -0.770. The van der Waals surface area contributed by atoms with Gasteiger partial charge in [-0.15, -0.1) is 0 Å². The smallest absolute Gasteiger partial charge is 0.254 e. The molecule has 0 aliphatic carbocycles. The molecule has 1 aromatic rings. The molecule has 1 unspecified atom stereocenters. The molecule has 0 bridgehead atoms. The van der Waals surface area contributed by atoms with Crippen molar-refractivity contribution in [3.63, 3.8) is 0 Å². The van der Waals surface area contributed by atoms with Crippen molar-refractivity contribution in [2.24, 2.45) is 5.41 Å². The van der Waals surface area contributed by atoms with Crippen LogP contribution in [0.3, 0.4) is 0 Å². The molecular formula is C13H20BrNO2. The molecule has 0 aliphatic heterocycles. The Morgan fingerprint density at radius 1 is 1.53 bits per heavy atom. The Kier molecular flexibility index (Phi) is 4.80. The molecule has 1 atom stereocenters. The van der Waals surface area contributed by atoms with E-state index in [1.807, 2.05) is 6.92 Å². The number of carbonyl (C=O) groups is 1. The highest BCUT2D eigenvalue weighted by Crippen LogP contribution is 2.24. The zero-order valence-electron chi connectivity index (χ0n) is 10.8. The van der Waals surface area contributed by atoms with Crippen LogP contribution in [0.1, 0.15) is 43.3 Å². The summed E-state index contributed by atoms with van der Waals surface area (Å²) in [6.07, 6.45) is 2.50. The van der Waals surface area contributed by atoms with E-state index < -0.39 is 0 Å². The highest BCUT2D eigenvalue weighted by molar-refractivity contribution is 9.09. The van der Waals surface area contributed by atoms with Gasteiger partial charge in [-0.2, -0.15) is 0 Å². The summed E-state index contributed by atoms with van der Waals surface area (Å²) in [6.45, 7) is 9.00. The minimum Gasteiger partial charge on any atom is -0.469 e. The molecule has 4 heteroatoms. The van der Waals surface area contributed by atoms with E-state index in [0.29, 0.717) is 16.9 Å². The summed E-state index contributed by atoms with van der Waals surface area (Å²) in [4.78, 5) is 12.0. The summed E-state index contributed by atoms with van der Waals surface area (Å²) in [6, 6.07) is 1.74. The molecule has 0 spiro atoms. The molecule has 3 nitrogen and oxygen atoms in total.